The van der Waals surface area contributed by atoms with Gasteiger partial charge < -0.3 is 9.47 Å². The smallest absolute Gasteiger partial charge is 0.270 e. The molecule has 0 saturated heterocycles. The third kappa shape index (κ3) is 5.96. The van der Waals surface area contributed by atoms with Gasteiger partial charge in [0.1, 0.15) is 18.0 Å². The second kappa shape index (κ2) is 11.3. The van der Waals surface area contributed by atoms with E-state index in [0.717, 1.165) is 4.31 Å². The van der Waals surface area contributed by atoms with Crippen molar-refractivity contribution in [3.8, 4) is 11.5 Å². The van der Waals surface area contributed by atoms with Crippen molar-refractivity contribution in [3.05, 3.63) is 88.5 Å². The number of non-ortho nitro benzene ring substituents is 1. The Kier molecular flexibility index (Phi) is 8.22. The standard InChI is InChI=1S/C24H24N4O7S/c1-17(18-8-7-9-19(14-18)28(30)31)25-26-24(29)16-27(36(32,33)21-10-5-4-6-11-21)22-13-12-20(34-2)15-23(22)35-3/h4-15H,16H2,1-3H3,(H,26,29)/b25-17-. The monoisotopic (exact) mass is 512 g/mol. The molecule has 0 unspecified atom stereocenters. The maximum absolute atomic E-state index is 13.5. The second-order valence-corrected chi connectivity index (χ2v) is 9.26. The lowest BCUT2D eigenvalue weighted by Gasteiger charge is -2.25. The molecule has 11 nitrogen and oxygen atoms in total. The first-order chi connectivity index (χ1) is 17.2. The number of sulfonamides is 1. The van der Waals surface area contributed by atoms with Crippen LogP contribution in [0.1, 0.15) is 12.5 Å². The van der Waals surface area contributed by atoms with Gasteiger partial charge in [-0.2, -0.15) is 5.10 Å². The normalized spacial score (nSPS) is 11.5. The third-order valence-electron chi connectivity index (χ3n) is 5.10. The molecule has 12 heteroatoms. The number of amides is 1. The van der Waals surface area contributed by atoms with Crippen molar-refractivity contribution in [3.63, 3.8) is 0 Å². The molecule has 188 valence electrons. The Hall–Kier alpha value is -4.45. The van der Waals surface area contributed by atoms with Crippen molar-refractivity contribution in [2.75, 3.05) is 25.1 Å². The van der Waals surface area contributed by atoms with Crippen molar-refractivity contribution < 1.29 is 27.6 Å². The van der Waals surface area contributed by atoms with Gasteiger partial charge in [-0.25, -0.2) is 13.8 Å². The van der Waals surface area contributed by atoms with Crippen LogP contribution in [0.4, 0.5) is 11.4 Å². The lowest BCUT2D eigenvalue weighted by molar-refractivity contribution is -0.384. The molecule has 0 radical (unpaired) electrons. The van der Waals surface area contributed by atoms with Crippen molar-refractivity contribution in [1.82, 2.24) is 5.43 Å². The molecule has 0 spiro atoms. The fourth-order valence-electron chi connectivity index (χ4n) is 3.23. The summed E-state index contributed by atoms with van der Waals surface area (Å²) < 4.78 is 38.5. The summed E-state index contributed by atoms with van der Waals surface area (Å²) in [4.78, 5) is 23.3. The van der Waals surface area contributed by atoms with Gasteiger partial charge in [0.15, 0.2) is 0 Å². The van der Waals surface area contributed by atoms with Crippen LogP contribution in [0.25, 0.3) is 0 Å². The van der Waals surface area contributed by atoms with Gasteiger partial charge in [-0.05, 0) is 31.2 Å². The van der Waals surface area contributed by atoms with Crippen molar-refractivity contribution in [2.45, 2.75) is 11.8 Å². The Labute approximate surface area is 208 Å². The number of nitrogens with one attached hydrogen (secondary N) is 1. The van der Waals surface area contributed by atoms with Gasteiger partial charge in [0.2, 0.25) is 0 Å². The minimum atomic E-state index is -4.18. The van der Waals surface area contributed by atoms with Crippen LogP contribution in [0, 0.1) is 10.1 Å². The van der Waals surface area contributed by atoms with Crippen LogP contribution in [0.15, 0.2) is 82.8 Å². The van der Waals surface area contributed by atoms with E-state index >= 15 is 0 Å². The van der Waals surface area contributed by atoms with E-state index in [-0.39, 0.29) is 22.0 Å². The van der Waals surface area contributed by atoms with E-state index in [1.165, 1.54) is 56.7 Å². The van der Waals surface area contributed by atoms with Crippen LogP contribution in [-0.4, -0.2) is 45.7 Å². The molecule has 3 rings (SSSR count). The van der Waals surface area contributed by atoms with Crippen LogP contribution < -0.4 is 19.2 Å². The van der Waals surface area contributed by atoms with Crippen LogP contribution in [-0.2, 0) is 14.8 Å². The third-order valence-corrected chi connectivity index (χ3v) is 6.87. The fourth-order valence-corrected chi connectivity index (χ4v) is 4.68. The van der Waals surface area contributed by atoms with E-state index in [0.29, 0.717) is 17.0 Å². The van der Waals surface area contributed by atoms with Gasteiger partial charge >= 0.3 is 0 Å². The van der Waals surface area contributed by atoms with E-state index in [9.17, 15) is 23.3 Å². The van der Waals surface area contributed by atoms with Crippen molar-refractivity contribution in [1.29, 1.82) is 0 Å². The van der Waals surface area contributed by atoms with Crippen LogP contribution in [0.2, 0.25) is 0 Å². The summed E-state index contributed by atoms with van der Waals surface area (Å²) in [5.41, 5.74) is 3.04. The van der Waals surface area contributed by atoms with E-state index in [2.05, 4.69) is 10.5 Å². The molecule has 3 aromatic rings. The molecule has 36 heavy (non-hydrogen) atoms. The number of ether oxygens (including phenoxy) is 2. The quantitative estimate of drug-likeness (QED) is 0.249. The number of carbonyl (C=O) groups excluding carboxylic acids is 1. The minimum Gasteiger partial charge on any atom is -0.497 e. The van der Waals surface area contributed by atoms with E-state index in [1.54, 1.807) is 37.3 Å². The van der Waals surface area contributed by atoms with Crippen LogP contribution >= 0.6 is 0 Å². The number of benzene rings is 3. The van der Waals surface area contributed by atoms with Gasteiger partial charge in [-0.15, -0.1) is 0 Å². The molecule has 0 aliphatic heterocycles. The highest BCUT2D eigenvalue weighted by Gasteiger charge is 2.29. The first kappa shape index (κ1) is 26.2. The fraction of sp³-hybridized carbons (Fsp3) is 0.167. The Balaban J connectivity index is 1.93. The average Bonchev–Trinajstić information content (AvgIpc) is 2.90. The molecule has 1 N–H and O–H groups in total. The molecule has 0 atom stereocenters. The molecule has 0 bridgehead atoms. The van der Waals surface area contributed by atoms with Gasteiger partial charge in [0, 0.05) is 23.8 Å². The number of hydrogen-bond donors (Lipinski definition) is 1. The zero-order valence-corrected chi connectivity index (χ0v) is 20.6. The summed E-state index contributed by atoms with van der Waals surface area (Å²) in [6.07, 6.45) is 0. The molecule has 1 amide bonds. The van der Waals surface area contributed by atoms with Crippen molar-refractivity contribution >= 4 is 33.0 Å². The van der Waals surface area contributed by atoms with E-state index in [4.69, 9.17) is 9.47 Å². The molecule has 0 aromatic heterocycles. The van der Waals surface area contributed by atoms with Gasteiger partial charge in [0.05, 0.1) is 35.4 Å². The van der Waals surface area contributed by atoms with Crippen LogP contribution in [0.5, 0.6) is 11.5 Å². The molecule has 0 aliphatic rings. The molecule has 3 aromatic carbocycles. The van der Waals surface area contributed by atoms with Gasteiger partial charge in [-0.1, -0.05) is 30.3 Å². The number of nitrogens with zero attached hydrogens (tertiary/aromatic N) is 3. The number of methoxy groups -OCH3 is 2. The predicted molar refractivity (Wildman–Crippen MR) is 134 cm³/mol. The number of hydrogen-bond acceptors (Lipinski definition) is 8. The zero-order valence-electron chi connectivity index (χ0n) is 19.7. The van der Waals surface area contributed by atoms with Crippen molar-refractivity contribution in [2.24, 2.45) is 5.10 Å². The van der Waals surface area contributed by atoms with E-state index < -0.39 is 27.4 Å². The molecule has 0 fully saturated rings. The van der Waals surface area contributed by atoms with Gasteiger partial charge in [0.25, 0.3) is 21.6 Å². The maximum Gasteiger partial charge on any atom is 0.270 e. The summed E-state index contributed by atoms with van der Waals surface area (Å²) in [6, 6.07) is 17.9. The summed E-state index contributed by atoms with van der Waals surface area (Å²) in [7, 11) is -1.35. The highest BCUT2D eigenvalue weighted by molar-refractivity contribution is 7.92. The van der Waals surface area contributed by atoms with Gasteiger partial charge in [-0.3, -0.25) is 19.2 Å². The Morgan fingerprint density at radius 3 is 2.39 bits per heavy atom. The first-order valence-electron chi connectivity index (χ1n) is 10.5. The predicted octanol–water partition coefficient (Wildman–Crippen LogP) is 3.35. The second-order valence-electron chi connectivity index (χ2n) is 7.40. The lowest BCUT2D eigenvalue weighted by atomic mass is 10.1. The zero-order chi connectivity index (χ0) is 26.3. The first-order valence-corrected chi connectivity index (χ1v) is 12.0. The number of carbonyl (C=O) groups is 1. The maximum atomic E-state index is 13.5. The molecule has 0 aliphatic carbocycles. The summed E-state index contributed by atoms with van der Waals surface area (Å²) in [5, 5.41) is 15.0. The molecule has 0 heterocycles. The average molecular weight is 513 g/mol. The summed E-state index contributed by atoms with van der Waals surface area (Å²) in [6.45, 7) is 0.940. The summed E-state index contributed by atoms with van der Waals surface area (Å²) >= 11 is 0. The SMILES string of the molecule is COc1ccc(N(CC(=O)N/N=C(/C)c2cccc([N+](=O)[O-])c2)S(=O)(=O)c2ccccc2)c(OC)c1. The highest BCUT2D eigenvalue weighted by Crippen LogP contribution is 2.35. The number of hydrazone groups is 1. The molecular formula is C24H24N4O7S. The lowest BCUT2D eigenvalue weighted by Crippen LogP contribution is -2.40. The topological polar surface area (TPSA) is 140 Å². The number of anilines is 1. The number of nitro benzene ring substituents is 1. The molecular weight excluding hydrogens is 488 g/mol. The Bertz CT molecular complexity index is 1390. The minimum absolute atomic E-state index is 0.0213. The Morgan fingerprint density at radius 2 is 1.75 bits per heavy atom. The highest BCUT2D eigenvalue weighted by atomic mass is 32.2. The van der Waals surface area contributed by atoms with Crippen LogP contribution in [0.3, 0.4) is 0 Å². The number of rotatable bonds is 10. The Morgan fingerprint density at radius 1 is 1.03 bits per heavy atom. The van der Waals surface area contributed by atoms with E-state index in [1.807, 2.05) is 0 Å². The largest absolute Gasteiger partial charge is 0.497 e. The summed E-state index contributed by atoms with van der Waals surface area (Å²) in [5.74, 6) is -0.121. The number of nitro groups is 1. The molecule has 0 saturated carbocycles.